The van der Waals surface area contributed by atoms with Gasteiger partial charge in [0, 0.05) is 11.3 Å². The molecule has 0 amide bonds. The van der Waals surface area contributed by atoms with Gasteiger partial charge in [-0.25, -0.2) is 0 Å². The quantitative estimate of drug-likeness (QED) is 0.548. The Morgan fingerprint density at radius 1 is 0.960 bits per heavy atom. The van der Waals surface area contributed by atoms with Crippen molar-refractivity contribution in [2.45, 2.75) is 0 Å². The third kappa shape index (κ3) is 5.18. The molecule has 0 radical (unpaired) electrons. The van der Waals surface area contributed by atoms with E-state index in [1.165, 1.54) is 0 Å². The van der Waals surface area contributed by atoms with Gasteiger partial charge in [-0.2, -0.15) is 0 Å². The van der Waals surface area contributed by atoms with Gasteiger partial charge in [0.2, 0.25) is 0 Å². The molecule has 2 aromatic rings. The standard InChI is InChI=1S/C21H23NO3/c1-4-12-24-18-9-6-16(7-10-18)14-19(22)17-8-11-20(25-13-5-2)21(15-17)23-3/h4-11,14-15H,1-2,12-13,22H2,3H3/b19-14-. The summed E-state index contributed by atoms with van der Waals surface area (Å²) in [6.45, 7) is 8.17. The number of ether oxygens (including phenoxy) is 3. The Hall–Kier alpha value is -3.14. The van der Waals surface area contributed by atoms with Crippen LogP contribution < -0.4 is 19.9 Å². The summed E-state index contributed by atoms with van der Waals surface area (Å²) >= 11 is 0. The third-order valence-corrected chi connectivity index (χ3v) is 3.42. The highest BCUT2D eigenvalue weighted by Gasteiger charge is 2.07. The molecule has 2 rings (SSSR count). The van der Waals surface area contributed by atoms with Crippen molar-refractivity contribution >= 4 is 11.8 Å². The zero-order chi connectivity index (χ0) is 18.1. The van der Waals surface area contributed by atoms with Crippen LogP contribution in [-0.2, 0) is 0 Å². The highest BCUT2D eigenvalue weighted by atomic mass is 16.5. The Labute approximate surface area is 148 Å². The molecule has 0 bridgehead atoms. The molecule has 25 heavy (non-hydrogen) atoms. The summed E-state index contributed by atoms with van der Waals surface area (Å²) in [6.07, 6.45) is 5.29. The van der Waals surface area contributed by atoms with Crippen LogP contribution in [0.1, 0.15) is 11.1 Å². The van der Waals surface area contributed by atoms with Crippen molar-refractivity contribution in [2.75, 3.05) is 20.3 Å². The molecule has 0 aromatic heterocycles. The van der Waals surface area contributed by atoms with Gasteiger partial charge in [-0.3, -0.25) is 0 Å². The minimum atomic E-state index is 0.418. The molecule has 0 aliphatic carbocycles. The van der Waals surface area contributed by atoms with Gasteiger partial charge in [0.1, 0.15) is 19.0 Å². The van der Waals surface area contributed by atoms with Crippen LogP contribution in [-0.4, -0.2) is 20.3 Å². The van der Waals surface area contributed by atoms with Crippen molar-refractivity contribution < 1.29 is 14.2 Å². The highest BCUT2D eigenvalue weighted by Crippen LogP contribution is 2.30. The number of rotatable bonds is 9. The van der Waals surface area contributed by atoms with Gasteiger partial charge in [0.15, 0.2) is 11.5 Å². The predicted octanol–water partition coefficient (Wildman–Crippen LogP) is 4.28. The fourth-order valence-corrected chi connectivity index (χ4v) is 2.19. The smallest absolute Gasteiger partial charge is 0.161 e. The maximum Gasteiger partial charge on any atom is 0.161 e. The van der Waals surface area contributed by atoms with Gasteiger partial charge < -0.3 is 19.9 Å². The van der Waals surface area contributed by atoms with Crippen molar-refractivity contribution in [1.29, 1.82) is 0 Å². The summed E-state index contributed by atoms with van der Waals surface area (Å²) < 4.78 is 16.4. The molecule has 2 N–H and O–H groups in total. The number of hydrogen-bond donors (Lipinski definition) is 1. The lowest BCUT2D eigenvalue weighted by Crippen LogP contribution is -2.00. The first-order chi connectivity index (χ1) is 12.2. The van der Waals surface area contributed by atoms with Gasteiger partial charge in [-0.05, 0) is 42.0 Å². The van der Waals surface area contributed by atoms with Crippen LogP contribution in [0.5, 0.6) is 17.2 Å². The predicted molar refractivity (Wildman–Crippen MR) is 103 cm³/mol. The molecule has 0 atom stereocenters. The van der Waals surface area contributed by atoms with E-state index in [9.17, 15) is 0 Å². The summed E-state index contributed by atoms with van der Waals surface area (Å²) in [7, 11) is 1.60. The normalized spacial score (nSPS) is 10.8. The molecule has 0 aliphatic rings. The number of nitrogens with two attached hydrogens (primary N) is 1. The minimum absolute atomic E-state index is 0.418. The van der Waals surface area contributed by atoms with E-state index in [1.807, 2.05) is 48.5 Å². The average molecular weight is 337 g/mol. The van der Waals surface area contributed by atoms with E-state index in [-0.39, 0.29) is 0 Å². The minimum Gasteiger partial charge on any atom is -0.493 e. The van der Waals surface area contributed by atoms with Crippen molar-refractivity contribution in [2.24, 2.45) is 5.73 Å². The molecule has 0 heterocycles. The topological polar surface area (TPSA) is 53.7 Å². The summed E-state index contributed by atoms with van der Waals surface area (Å²) in [5.41, 5.74) is 8.69. The number of hydrogen-bond acceptors (Lipinski definition) is 4. The number of methoxy groups -OCH3 is 1. The molecular formula is C21H23NO3. The van der Waals surface area contributed by atoms with Gasteiger partial charge in [-0.15, -0.1) is 0 Å². The molecule has 0 spiro atoms. The van der Waals surface area contributed by atoms with Gasteiger partial charge in [-0.1, -0.05) is 37.4 Å². The van der Waals surface area contributed by atoms with Crippen LogP contribution >= 0.6 is 0 Å². The van der Waals surface area contributed by atoms with E-state index >= 15 is 0 Å². The van der Waals surface area contributed by atoms with E-state index in [0.717, 1.165) is 16.9 Å². The summed E-state index contributed by atoms with van der Waals surface area (Å²) in [5, 5.41) is 0. The summed E-state index contributed by atoms with van der Waals surface area (Å²) in [6, 6.07) is 13.3. The van der Waals surface area contributed by atoms with E-state index < -0.39 is 0 Å². The van der Waals surface area contributed by atoms with Gasteiger partial charge in [0.05, 0.1) is 7.11 Å². The van der Waals surface area contributed by atoms with Gasteiger partial charge >= 0.3 is 0 Å². The summed E-state index contributed by atoms with van der Waals surface area (Å²) in [5.74, 6) is 2.08. The maximum atomic E-state index is 6.22. The van der Waals surface area contributed by atoms with E-state index in [0.29, 0.717) is 30.4 Å². The fraction of sp³-hybridized carbons (Fsp3) is 0.143. The molecule has 130 valence electrons. The zero-order valence-corrected chi connectivity index (χ0v) is 14.4. The molecule has 0 saturated carbocycles. The van der Waals surface area contributed by atoms with E-state index in [2.05, 4.69) is 13.2 Å². The lowest BCUT2D eigenvalue weighted by atomic mass is 10.1. The third-order valence-electron chi connectivity index (χ3n) is 3.42. The summed E-state index contributed by atoms with van der Waals surface area (Å²) in [4.78, 5) is 0. The Morgan fingerprint density at radius 2 is 1.64 bits per heavy atom. The molecule has 4 nitrogen and oxygen atoms in total. The molecule has 2 aromatic carbocycles. The Kier molecular flexibility index (Phi) is 6.72. The van der Waals surface area contributed by atoms with Crippen molar-refractivity contribution in [3.63, 3.8) is 0 Å². The first-order valence-electron chi connectivity index (χ1n) is 7.91. The molecule has 0 fully saturated rings. The van der Waals surface area contributed by atoms with Crippen LogP contribution in [0.25, 0.3) is 11.8 Å². The van der Waals surface area contributed by atoms with Crippen molar-refractivity contribution in [1.82, 2.24) is 0 Å². The largest absolute Gasteiger partial charge is 0.493 e. The van der Waals surface area contributed by atoms with Crippen molar-refractivity contribution in [3.8, 4) is 17.2 Å². The second kappa shape index (κ2) is 9.23. The highest BCUT2D eigenvalue weighted by molar-refractivity contribution is 5.80. The van der Waals surface area contributed by atoms with Crippen molar-refractivity contribution in [3.05, 3.63) is 78.9 Å². The molecule has 0 unspecified atom stereocenters. The maximum absolute atomic E-state index is 6.22. The van der Waals surface area contributed by atoms with E-state index in [4.69, 9.17) is 19.9 Å². The number of benzene rings is 2. The molecule has 4 heteroatoms. The van der Waals surface area contributed by atoms with Crippen LogP contribution in [0.4, 0.5) is 0 Å². The second-order valence-corrected chi connectivity index (χ2v) is 5.23. The average Bonchev–Trinajstić information content (AvgIpc) is 2.65. The second-order valence-electron chi connectivity index (χ2n) is 5.23. The van der Waals surface area contributed by atoms with E-state index in [1.54, 1.807) is 19.3 Å². The van der Waals surface area contributed by atoms with Crippen LogP contribution in [0, 0.1) is 0 Å². The fourth-order valence-electron chi connectivity index (χ4n) is 2.19. The van der Waals surface area contributed by atoms with Crippen LogP contribution in [0.15, 0.2) is 67.8 Å². The zero-order valence-electron chi connectivity index (χ0n) is 14.4. The molecule has 0 saturated heterocycles. The Bertz CT molecular complexity index is 748. The molecular weight excluding hydrogens is 314 g/mol. The van der Waals surface area contributed by atoms with Gasteiger partial charge in [0.25, 0.3) is 0 Å². The van der Waals surface area contributed by atoms with Crippen LogP contribution in [0.2, 0.25) is 0 Å². The SMILES string of the molecule is C=CCOc1ccc(/C=C(\N)c2ccc(OCC=C)c(OC)c2)cc1. The van der Waals surface area contributed by atoms with Crippen LogP contribution in [0.3, 0.4) is 0 Å². The molecule has 0 aliphatic heterocycles. The Balaban J connectivity index is 2.18. The Morgan fingerprint density at radius 3 is 2.28 bits per heavy atom. The first-order valence-corrected chi connectivity index (χ1v) is 7.91. The monoisotopic (exact) mass is 337 g/mol. The lowest BCUT2D eigenvalue weighted by molar-refractivity contribution is 0.326. The first kappa shape index (κ1) is 18.2. The lowest BCUT2D eigenvalue weighted by Gasteiger charge is -2.11.